The number of aliphatic imine (C=N–C) groups is 1. The molecule has 5 heteroatoms. The molecule has 2 heterocycles. The fraction of sp³-hybridized carbons (Fsp3) is 0.231. The van der Waals surface area contributed by atoms with Crippen LogP contribution in [0.1, 0.15) is 12.5 Å². The van der Waals surface area contributed by atoms with Crippen LogP contribution >= 0.6 is 11.8 Å². The maximum atomic E-state index is 11.0. The minimum absolute atomic E-state index is 0.0487. The highest BCUT2D eigenvalue weighted by molar-refractivity contribution is 8.16. The zero-order valence-corrected chi connectivity index (χ0v) is 10.8. The summed E-state index contributed by atoms with van der Waals surface area (Å²) in [4.78, 5) is 17.6. The Kier molecular flexibility index (Phi) is 2.83. The van der Waals surface area contributed by atoms with Crippen molar-refractivity contribution in [1.82, 2.24) is 4.90 Å². The molecule has 1 amide bonds. The summed E-state index contributed by atoms with van der Waals surface area (Å²) in [5.41, 5.74) is 3.18. The topological polar surface area (TPSA) is 44.7 Å². The van der Waals surface area contributed by atoms with Gasteiger partial charge >= 0.3 is 0 Å². The number of thioether (sulfide) groups is 1. The zero-order valence-electron chi connectivity index (χ0n) is 10.0. The van der Waals surface area contributed by atoms with E-state index in [1.807, 2.05) is 24.3 Å². The summed E-state index contributed by atoms with van der Waals surface area (Å²) in [5, 5.41) is 5.99. The van der Waals surface area contributed by atoms with Crippen molar-refractivity contribution in [3.05, 3.63) is 35.2 Å². The highest BCUT2D eigenvalue weighted by atomic mass is 32.2. The summed E-state index contributed by atoms with van der Waals surface area (Å²) in [6, 6.07) is 7.90. The molecule has 1 aromatic rings. The van der Waals surface area contributed by atoms with Gasteiger partial charge < -0.3 is 10.2 Å². The number of anilines is 1. The predicted molar refractivity (Wildman–Crippen MR) is 75.3 cm³/mol. The Morgan fingerprint density at radius 1 is 1.39 bits per heavy atom. The molecule has 0 saturated heterocycles. The largest absolute Gasteiger partial charge is 0.326 e. The number of nitrogens with zero attached hydrogens (tertiary/aromatic N) is 2. The normalized spacial score (nSPS) is 17.3. The molecule has 0 saturated carbocycles. The minimum Gasteiger partial charge on any atom is -0.326 e. The summed E-state index contributed by atoms with van der Waals surface area (Å²) >= 11 is 1.67. The number of amides is 1. The molecule has 2 aliphatic heterocycles. The summed E-state index contributed by atoms with van der Waals surface area (Å²) < 4.78 is 0. The Balaban J connectivity index is 1.81. The summed E-state index contributed by atoms with van der Waals surface area (Å²) in [5.74, 6) is -0.0487. The summed E-state index contributed by atoms with van der Waals surface area (Å²) in [7, 11) is 0. The van der Waals surface area contributed by atoms with E-state index in [1.54, 1.807) is 11.8 Å². The first-order valence-electron chi connectivity index (χ1n) is 5.81. The third kappa shape index (κ3) is 2.01. The molecule has 0 spiro atoms. The van der Waals surface area contributed by atoms with Gasteiger partial charge in [-0.05, 0) is 17.7 Å². The number of amidine groups is 1. The molecular formula is C13H13N3OS. The van der Waals surface area contributed by atoms with Gasteiger partial charge in [-0.2, -0.15) is 0 Å². The van der Waals surface area contributed by atoms with Crippen molar-refractivity contribution in [2.45, 2.75) is 6.92 Å². The van der Waals surface area contributed by atoms with E-state index in [1.165, 1.54) is 12.6 Å². The number of hydrogen-bond donors (Lipinski definition) is 1. The number of nitrogens with one attached hydrogen (secondary N) is 1. The van der Waals surface area contributed by atoms with Gasteiger partial charge in [-0.3, -0.25) is 9.79 Å². The number of rotatable bonds is 2. The number of carbonyl (C=O) groups is 1. The predicted octanol–water partition coefficient (Wildman–Crippen LogP) is 2.36. The van der Waals surface area contributed by atoms with E-state index in [9.17, 15) is 4.79 Å². The lowest BCUT2D eigenvalue weighted by Gasteiger charge is -2.16. The average Bonchev–Trinajstić information content (AvgIpc) is 2.91. The van der Waals surface area contributed by atoms with Crippen LogP contribution in [0.5, 0.6) is 0 Å². The third-order valence-electron chi connectivity index (χ3n) is 2.87. The van der Waals surface area contributed by atoms with Crippen LogP contribution in [0.2, 0.25) is 0 Å². The molecule has 0 aromatic heterocycles. The van der Waals surface area contributed by atoms with Crippen molar-refractivity contribution < 1.29 is 4.79 Å². The van der Waals surface area contributed by atoms with Crippen LogP contribution in [0, 0.1) is 0 Å². The lowest BCUT2D eigenvalue weighted by Crippen LogP contribution is -2.19. The molecule has 1 N–H and O–H groups in total. The molecule has 0 fully saturated rings. The Morgan fingerprint density at radius 3 is 2.89 bits per heavy atom. The molecule has 2 aliphatic rings. The quantitative estimate of drug-likeness (QED) is 0.886. The Labute approximate surface area is 110 Å². The van der Waals surface area contributed by atoms with Crippen LogP contribution in [-0.4, -0.2) is 29.1 Å². The fourth-order valence-electron chi connectivity index (χ4n) is 2.07. The molecule has 18 heavy (non-hydrogen) atoms. The van der Waals surface area contributed by atoms with Crippen LogP contribution in [-0.2, 0) is 4.79 Å². The van der Waals surface area contributed by atoms with Crippen LogP contribution in [0.15, 0.2) is 34.7 Å². The molecule has 0 atom stereocenters. The summed E-state index contributed by atoms with van der Waals surface area (Å²) in [6.07, 6.45) is 0. The van der Waals surface area contributed by atoms with E-state index in [0.717, 1.165) is 29.5 Å². The van der Waals surface area contributed by atoms with Gasteiger partial charge in [0, 0.05) is 24.6 Å². The second-order valence-corrected chi connectivity index (χ2v) is 5.03. The Morgan fingerprint density at radius 2 is 2.17 bits per heavy atom. The van der Waals surface area contributed by atoms with Crippen LogP contribution in [0.25, 0.3) is 5.70 Å². The fourth-order valence-corrected chi connectivity index (χ4v) is 3.04. The van der Waals surface area contributed by atoms with Gasteiger partial charge in [-0.1, -0.05) is 23.9 Å². The second kappa shape index (κ2) is 4.49. The lowest BCUT2D eigenvalue weighted by atomic mass is 10.1. The second-order valence-electron chi connectivity index (χ2n) is 4.20. The smallest absolute Gasteiger partial charge is 0.221 e. The van der Waals surface area contributed by atoms with E-state index < -0.39 is 0 Å². The number of benzene rings is 1. The summed E-state index contributed by atoms with van der Waals surface area (Å²) in [6.45, 7) is 3.35. The van der Waals surface area contributed by atoms with Crippen molar-refractivity contribution in [2.75, 3.05) is 18.4 Å². The Bertz CT molecular complexity index is 548. The van der Waals surface area contributed by atoms with Crippen LogP contribution < -0.4 is 5.32 Å². The van der Waals surface area contributed by atoms with E-state index in [0.29, 0.717) is 0 Å². The molecule has 4 nitrogen and oxygen atoms in total. The van der Waals surface area contributed by atoms with Crippen LogP contribution in [0.3, 0.4) is 0 Å². The van der Waals surface area contributed by atoms with E-state index in [2.05, 4.69) is 20.6 Å². The average molecular weight is 259 g/mol. The first-order valence-corrected chi connectivity index (χ1v) is 6.69. The first-order chi connectivity index (χ1) is 8.74. The molecule has 0 radical (unpaired) electrons. The van der Waals surface area contributed by atoms with Gasteiger partial charge in [-0.15, -0.1) is 0 Å². The molecule has 3 rings (SSSR count). The SMILES string of the molecule is CC(=O)Nc1ccc(C2=CSC3=NCCN23)cc1. The maximum absolute atomic E-state index is 11.0. The van der Waals surface area contributed by atoms with Gasteiger partial charge in [0.2, 0.25) is 5.91 Å². The highest BCUT2D eigenvalue weighted by Crippen LogP contribution is 2.35. The van der Waals surface area contributed by atoms with Crippen molar-refractivity contribution in [3.8, 4) is 0 Å². The number of hydrogen-bond acceptors (Lipinski definition) is 4. The van der Waals surface area contributed by atoms with Crippen molar-refractivity contribution in [3.63, 3.8) is 0 Å². The number of fused-ring (bicyclic) bond motifs is 1. The van der Waals surface area contributed by atoms with E-state index in [-0.39, 0.29) is 5.91 Å². The van der Waals surface area contributed by atoms with Gasteiger partial charge in [0.25, 0.3) is 0 Å². The highest BCUT2D eigenvalue weighted by Gasteiger charge is 2.26. The third-order valence-corrected chi connectivity index (χ3v) is 3.77. The number of carbonyl (C=O) groups excluding carboxylic acids is 1. The molecular weight excluding hydrogens is 246 g/mol. The van der Waals surface area contributed by atoms with Crippen LogP contribution in [0.4, 0.5) is 5.69 Å². The van der Waals surface area contributed by atoms with Gasteiger partial charge in [0.1, 0.15) is 0 Å². The standard InChI is InChI=1S/C13H13N3OS/c1-9(17)15-11-4-2-10(3-5-11)12-8-18-13-14-6-7-16(12)13/h2-5,8H,6-7H2,1H3,(H,15,17). The first kappa shape index (κ1) is 11.3. The van der Waals surface area contributed by atoms with Gasteiger partial charge in [0.15, 0.2) is 5.17 Å². The molecule has 0 aliphatic carbocycles. The van der Waals surface area contributed by atoms with Crippen molar-refractivity contribution in [1.29, 1.82) is 0 Å². The molecule has 0 bridgehead atoms. The Hall–Kier alpha value is -1.75. The van der Waals surface area contributed by atoms with Crippen molar-refractivity contribution >= 4 is 34.2 Å². The van der Waals surface area contributed by atoms with Gasteiger partial charge in [0.05, 0.1) is 12.2 Å². The monoisotopic (exact) mass is 259 g/mol. The lowest BCUT2D eigenvalue weighted by molar-refractivity contribution is -0.114. The van der Waals surface area contributed by atoms with Crippen molar-refractivity contribution in [2.24, 2.45) is 4.99 Å². The maximum Gasteiger partial charge on any atom is 0.221 e. The molecule has 92 valence electrons. The molecule has 1 aromatic carbocycles. The molecule has 0 unspecified atom stereocenters. The zero-order chi connectivity index (χ0) is 12.5. The van der Waals surface area contributed by atoms with E-state index >= 15 is 0 Å². The minimum atomic E-state index is -0.0487. The van der Waals surface area contributed by atoms with Gasteiger partial charge in [-0.25, -0.2) is 0 Å². The van der Waals surface area contributed by atoms with E-state index in [4.69, 9.17) is 0 Å².